The van der Waals surface area contributed by atoms with Gasteiger partial charge in [-0.05, 0) is 58.7 Å². The number of imidazole rings is 1. The molecule has 297 valence electrons. The summed E-state index contributed by atoms with van der Waals surface area (Å²) >= 11 is -1.93. The number of fused-ring (bicyclic) bond motifs is 4. The van der Waals surface area contributed by atoms with Crippen molar-refractivity contribution in [1.82, 2.24) is 24.5 Å². The Labute approximate surface area is 351 Å². The molecule has 0 aliphatic heterocycles. The Balaban J connectivity index is 0.000000223. The smallest absolute Gasteiger partial charge is 0.216 e. The molecule has 0 saturated heterocycles. The second kappa shape index (κ2) is 16.7. The van der Waals surface area contributed by atoms with Crippen LogP contribution in [0.1, 0.15) is 102 Å². The molecular formula is C48H59GeIrN5O-2. The summed E-state index contributed by atoms with van der Waals surface area (Å²) in [6, 6.07) is 25.6. The molecule has 0 bridgehead atoms. The molecule has 0 N–H and O–H groups in total. The average molecular weight is 987 g/mol. The molecule has 7 rings (SSSR count). The Bertz CT molecular complexity index is 2480. The van der Waals surface area contributed by atoms with Gasteiger partial charge in [-0.1, -0.05) is 31.7 Å². The van der Waals surface area contributed by atoms with E-state index in [0.717, 1.165) is 79.1 Å². The van der Waals surface area contributed by atoms with Gasteiger partial charge in [0, 0.05) is 42.4 Å². The Hall–Kier alpha value is -3.65. The van der Waals surface area contributed by atoms with Crippen LogP contribution in [0.5, 0.6) is 0 Å². The van der Waals surface area contributed by atoms with Crippen molar-refractivity contribution < 1.29 is 24.5 Å². The molecule has 56 heavy (non-hydrogen) atoms. The van der Waals surface area contributed by atoms with E-state index in [-0.39, 0.29) is 25.6 Å². The van der Waals surface area contributed by atoms with E-state index in [1.54, 1.807) is 4.40 Å². The number of rotatable bonds is 8. The first-order valence-corrected chi connectivity index (χ1v) is 27.3. The fraction of sp³-hybridized carbons (Fsp3) is 0.417. The molecule has 5 heterocycles. The van der Waals surface area contributed by atoms with Crippen LogP contribution in [0.25, 0.3) is 55.7 Å². The third kappa shape index (κ3) is 8.76. The third-order valence-electron chi connectivity index (χ3n) is 11.2. The maximum Gasteiger partial charge on any atom is 0.216 e. The predicted octanol–water partition coefficient (Wildman–Crippen LogP) is 12.5. The number of benzene rings is 2. The Kier molecular flexibility index (Phi) is 12.9. The first kappa shape index (κ1) is 43.5. The van der Waals surface area contributed by atoms with Crippen LogP contribution in [0, 0.1) is 38.3 Å². The molecule has 0 aliphatic carbocycles. The molecule has 6 nitrogen and oxygen atoms in total. The zero-order valence-electron chi connectivity index (χ0n) is 35.9. The molecule has 0 atom stereocenters. The second-order valence-electron chi connectivity index (χ2n) is 18.0. The number of aryl methyl sites for hydroxylation is 3. The summed E-state index contributed by atoms with van der Waals surface area (Å²) in [7, 11) is 0. The van der Waals surface area contributed by atoms with Crippen LogP contribution in [-0.4, -0.2) is 37.8 Å². The molecule has 0 spiro atoms. The first-order valence-electron chi connectivity index (χ1n) is 19.9. The summed E-state index contributed by atoms with van der Waals surface area (Å²) in [5.74, 6) is 8.57. The quantitative estimate of drug-likeness (QED) is 0.112. The van der Waals surface area contributed by atoms with E-state index in [1.807, 2.05) is 25.1 Å². The largest absolute Gasteiger partial charge is 0.486 e. The summed E-state index contributed by atoms with van der Waals surface area (Å²) in [6.45, 7) is 24.1. The van der Waals surface area contributed by atoms with E-state index < -0.39 is 13.3 Å². The third-order valence-corrected chi connectivity index (χ3v) is 15.5. The van der Waals surface area contributed by atoms with Crippen LogP contribution in [0.15, 0.2) is 65.2 Å². The van der Waals surface area contributed by atoms with Gasteiger partial charge in [0.1, 0.15) is 0 Å². The molecule has 0 aliphatic rings. The fourth-order valence-electron chi connectivity index (χ4n) is 7.60. The van der Waals surface area contributed by atoms with Gasteiger partial charge in [0.05, 0.1) is 28.1 Å². The van der Waals surface area contributed by atoms with Crippen molar-refractivity contribution >= 4 is 50.8 Å². The first-order chi connectivity index (χ1) is 25.8. The number of aromatic nitrogens is 5. The summed E-state index contributed by atoms with van der Waals surface area (Å²) in [5, 5.41) is 2.11. The van der Waals surface area contributed by atoms with E-state index in [4.69, 9.17) is 24.4 Å². The summed E-state index contributed by atoms with van der Waals surface area (Å²) in [5.41, 5.74) is 12.2. The van der Waals surface area contributed by atoms with Crippen LogP contribution < -0.4 is 4.40 Å². The molecule has 0 amide bonds. The van der Waals surface area contributed by atoms with Gasteiger partial charge < -0.3 is 8.98 Å². The van der Waals surface area contributed by atoms with Gasteiger partial charge in [-0.25, -0.2) is 4.98 Å². The van der Waals surface area contributed by atoms with Gasteiger partial charge in [0.15, 0.2) is 0 Å². The summed E-state index contributed by atoms with van der Waals surface area (Å²) in [6.07, 6.45) is 5.75. The van der Waals surface area contributed by atoms with Gasteiger partial charge in [-0.2, -0.15) is 0 Å². The number of furan rings is 1. The van der Waals surface area contributed by atoms with Crippen LogP contribution in [0.4, 0.5) is 0 Å². The van der Waals surface area contributed by atoms with Crippen molar-refractivity contribution in [2.75, 3.05) is 0 Å². The van der Waals surface area contributed by atoms with E-state index in [2.05, 4.69) is 146 Å². The molecule has 2 aromatic carbocycles. The number of hydrogen-bond donors (Lipinski definition) is 0. The summed E-state index contributed by atoms with van der Waals surface area (Å²) < 4.78 is 10.2. The van der Waals surface area contributed by atoms with Crippen molar-refractivity contribution in [2.24, 2.45) is 5.41 Å². The molecule has 0 saturated carbocycles. The van der Waals surface area contributed by atoms with Crippen molar-refractivity contribution in [1.29, 1.82) is 0 Å². The molecule has 1 radical (unpaired) electrons. The van der Waals surface area contributed by atoms with Crippen molar-refractivity contribution in [2.45, 2.75) is 124 Å². The Morgan fingerprint density at radius 3 is 2.21 bits per heavy atom. The van der Waals surface area contributed by atoms with E-state index in [9.17, 15) is 0 Å². The van der Waals surface area contributed by atoms with Crippen LogP contribution in [-0.2, 0) is 32.1 Å². The zero-order chi connectivity index (χ0) is 40.0. The van der Waals surface area contributed by atoms with Gasteiger partial charge in [-0.3, -0.25) is 9.97 Å². The minimum Gasteiger partial charge on any atom is -0.486 e. The number of nitrogens with zero attached hydrogens (tertiary/aromatic N) is 5. The molecular weight excluding hydrogens is 927 g/mol. The predicted molar refractivity (Wildman–Crippen MR) is 234 cm³/mol. The van der Waals surface area contributed by atoms with Crippen LogP contribution in [0.3, 0.4) is 0 Å². The topological polar surface area (TPSA) is 69.6 Å². The molecule has 7 aromatic rings. The Morgan fingerprint density at radius 2 is 1.61 bits per heavy atom. The standard InChI is InChI=1S/C27H29N4O.C21H30GeN.Ir/c1-14(2)20-12-11-18-22-15(3)9-10-19(24(22)32-26(18)30-20)25-29-21-13-16(4)28-17(5)23(21)31(25)27(6,7)8;1-7-21(3,8-2)15-18-14-20(17-12-10-9-11-13-17)23-16-19(18)22(4,5)6;/h9,11-14H,1-8H3;9-12,14,16H,7-8,15H2,1-6H3;/q2*-1;. The van der Waals surface area contributed by atoms with Gasteiger partial charge >= 0.3 is 145 Å². The van der Waals surface area contributed by atoms with Crippen molar-refractivity contribution in [3.8, 4) is 22.6 Å². The van der Waals surface area contributed by atoms with E-state index in [1.165, 1.54) is 18.4 Å². The minimum absolute atomic E-state index is 0. The molecule has 0 unspecified atom stereocenters. The van der Waals surface area contributed by atoms with Gasteiger partial charge in [0.2, 0.25) is 5.71 Å². The van der Waals surface area contributed by atoms with Crippen molar-refractivity contribution in [3.63, 3.8) is 0 Å². The van der Waals surface area contributed by atoms with E-state index in [0.29, 0.717) is 17.0 Å². The van der Waals surface area contributed by atoms with Gasteiger partial charge in [-0.15, -0.1) is 17.7 Å². The van der Waals surface area contributed by atoms with Crippen LogP contribution >= 0.6 is 0 Å². The monoisotopic (exact) mass is 988 g/mol. The molecule has 0 fully saturated rings. The fourth-order valence-corrected chi connectivity index (χ4v) is 10.9. The van der Waals surface area contributed by atoms with E-state index >= 15 is 0 Å². The average Bonchev–Trinajstić information content (AvgIpc) is 3.72. The SMILES string of the molecule is CCC(C)(CC)Cc1cc(-c2[c-]cccc2)nc[c]1[Ge]([CH3])([CH3])[CH3].Cc1cc2nc(-c3[c-]cc(C)c4c3oc3nc(C(C)C)ccc34)n(C(C)(C)C)c2c(C)n1.[Ir]. The number of pyridine rings is 3. The molecule has 8 heteroatoms. The second-order valence-corrected chi connectivity index (χ2v) is 28.6. The van der Waals surface area contributed by atoms with Crippen molar-refractivity contribution in [3.05, 3.63) is 101 Å². The van der Waals surface area contributed by atoms with Gasteiger partial charge in [0.25, 0.3) is 0 Å². The maximum atomic E-state index is 6.42. The maximum absolute atomic E-state index is 6.42. The van der Waals surface area contributed by atoms with Crippen LogP contribution in [0.2, 0.25) is 17.3 Å². The number of hydrogen-bond acceptors (Lipinski definition) is 5. The Morgan fingerprint density at radius 1 is 0.893 bits per heavy atom. The zero-order valence-corrected chi connectivity index (χ0v) is 40.4. The molecule has 5 aromatic heterocycles. The minimum atomic E-state index is -1.93. The summed E-state index contributed by atoms with van der Waals surface area (Å²) in [4.78, 5) is 19.4. The normalized spacial score (nSPS) is 12.3.